The average molecular weight is 467 g/mol. The van der Waals surface area contributed by atoms with Crippen molar-refractivity contribution in [1.29, 1.82) is 0 Å². The van der Waals surface area contributed by atoms with Gasteiger partial charge in [0.1, 0.15) is 4.90 Å². The summed E-state index contributed by atoms with van der Waals surface area (Å²) in [5, 5.41) is 2.91. The Morgan fingerprint density at radius 3 is 2.45 bits per heavy atom. The number of para-hydroxylation sites is 3. The Bertz CT molecular complexity index is 1270. The summed E-state index contributed by atoms with van der Waals surface area (Å²) in [6.07, 6.45) is 0. The number of ether oxygens (including phenoxy) is 1. The van der Waals surface area contributed by atoms with Crippen molar-refractivity contribution in [2.75, 3.05) is 36.5 Å². The van der Waals surface area contributed by atoms with Crippen LogP contribution in [-0.4, -0.2) is 40.6 Å². The molecule has 8 heteroatoms. The predicted octanol–water partition coefficient (Wildman–Crippen LogP) is 4.16. The van der Waals surface area contributed by atoms with Crippen LogP contribution in [0.3, 0.4) is 0 Å². The number of carbonyl (C=O) groups is 1. The van der Waals surface area contributed by atoms with Crippen molar-refractivity contribution in [3.63, 3.8) is 0 Å². The number of rotatable bonds is 6. The quantitative estimate of drug-likeness (QED) is 0.549. The lowest BCUT2D eigenvalue weighted by atomic mass is 10.1. The molecular formula is C25H26N2O5S. The predicted molar refractivity (Wildman–Crippen MR) is 128 cm³/mol. The molecule has 3 aromatic rings. The van der Waals surface area contributed by atoms with Crippen molar-refractivity contribution in [2.24, 2.45) is 0 Å². The molecule has 4 rings (SSSR count). The standard InChI is InChI=1S/C25H26N2O5S/c1-18-11-12-19(2)24(17-18)33(29,30)32-23-10-6-3-7-20(23)25(28)26-21-8-4-5-9-22(21)27-13-15-31-16-14-27/h3-12,17H,13-16H2,1-2H3,(H,26,28). The van der Waals surface area contributed by atoms with E-state index in [-0.39, 0.29) is 16.2 Å². The molecule has 172 valence electrons. The molecule has 0 spiro atoms. The number of benzene rings is 3. The van der Waals surface area contributed by atoms with Crippen LogP contribution in [0.15, 0.2) is 71.6 Å². The molecule has 1 amide bonds. The molecule has 1 aliphatic heterocycles. The molecule has 0 radical (unpaired) electrons. The Morgan fingerprint density at radius 1 is 0.970 bits per heavy atom. The molecule has 0 aliphatic carbocycles. The van der Waals surface area contributed by atoms with Crippen LogP contribution < -0.4 is 14.4 Å². The third-order valence-electron chi connectivity index (χ3n) is 5.45. The molecule has 1 N–H and O–H groups in total. The Labute approximate surface area is 194 Å². The summed E-state index contributed by atoms with van der Waals surface area (Å²) in [6, 6.07) is 19.0. The largest absolute Gasteiger partial charge is 0.378 e. The smallest absolute Gasteiger partial charge is 0.339 e. The summed E-state index contributed by atoms with van der Waals surface area (Å²) >= 11 is 0. The Morgan fingerprint density at radius 2 is 1.67 bits per heavy atom. The molecule has 7 nitrogen and oxygen atoms in total. The maximum Gasteiger partial charge on any atom is 0.339 e. The number of hydrogen-bond acceptors (Lipinski definition) is 6. The van der Waals surface area contributed by atoms with E-state index in [1.165, 1.54) is 6.07 Å². The van der Waals surface area contributed by atoms with Gasteiger partial charge in [-0.3, -0.25) is 4.79 Å². The highest BCUT2D eigenvalue weighted by Gasteiger charge is 2.24. The van der Waals surface area contributed by atoms with Gasteiger partial charge in [0.25, 0.3) is 5.91 Å². The van der Waals surface area contributed by atoms with E-state index in [9.17, 15) is 13.2 Å². The molecule has 0 bridgehead atoms. The fourth-order valence-corrected chi connectivity index (χ4v) is 4.98. The fourth-order valence-electron chi connectivity index (χ4n) is 3.72. The van der Waals surface area contributed by atoms with Gasteiger partial charge in [0.15, 0.2) is 5.75 Å². The van der Waals surface area contributed by atoms with E-state index in [4.69, 9.17) is 8.92 Å². The number of morpholine rings is 1. The van der Waals surface area contributed by atoms with E-state index < -0.39 is 16.0 Å². The molecule has 0 aromatic heterocycles. The summed E-state index contributed by atoms with van der Waals surface area (Å²) in [5.41, 5.74) is 3.02. The van der Waals surface area contributed by atoms with Crippen molar-refractivity contribution in [3.8, 4) is 5.75 Å². The lowest BCUT2D eigenvalue weighted by molar-refractivity contribution is 0.102. The zero-order valence-electron chi connectivity index (χ0n) is 18.6. The van der Waals surface area contributed by atoms with Crippen molar-refractivity contribution in [2.45, 2.75) is 18.7 Å². The average Bonchev–Trinajstić information content (AvgIpc) is 2.81. The second kappa shape index (κ2) is 9.64. The van der Waals surface area contributed by atoms with E-state index in [0.29, 0.717) is 24.5 Å². The van der Waals surface area contributed by atoms with Crippen molar-refractivity contribution >= 4 is 27.4 Å². The first-order valence-corrected chi connectivity index (χ1v) is 12.1. The Balaban J connectivity index is 1.61. The first-order valence-electron chi connectivity index (χ1n) is 10.7. The van der Waals surface area contributed by atoms with Gasteiger partial charge in [-0.2, -0.15) is 8.42 Å². The summed E-state index contributed by atoms with van der Waals surface area (Å²) in [5.74, 6) is -0.484. The van der Waals surface area contributed by atoms with Gasteiger partial charge in [-0.1, -0.05) is 36.4 Å². The molecule has 1 fully saturated rings. The van der Waals surface area contributed by atoms with Crippen LogP contribution in [-0.2, 0) is 14.9 Å². The highest BCUT2D eigenvalue weighted by atomic mass is 32.2. The number of nitrogens with one attached hydrogen (secondary N) is 1. The first-order chi connectivity index (χ1) is 15.8. The zero-order chi connectivity index (χ0) is 23.4. The molecule has 0 atom stereocenters. The van der Waals surface area contributed by atoms with Gasteiger partial charge in [-0.25, -0.2) is 0 Å². The molecule has 0 unspecified atom stereocenters. The molecular weight excluding hydrogens is 440 g/mol. The summed E-state index contributed by atoms with van der Waals surface area (Å²) < 4.78 is 36.9. The number of amides is 1. The van der Waals surface area contributed by atoms with Crippen LogP contribution >= 0.6 is 0 Å². The minimum atomic E-state index is -4.12. The maximum absolute atomic E-state index is 13.2. The van der Waals surface area contributed by atoms with E-state index in [1.807, 2.05) is 37.3 Å². The van der Waals surface area contributed by atoms with Gasteiger partial charge in [0, 0.05) is 13.1 Å². The third-order valence-corrected chi connectivity index (χ3v) is 6.83. The van der Waals surface area contributed by atoms with Gasteiger partial charge < -0.3 is 19.1 Å². The molecule has 3 aromatic carbocycles. The second-order valence-electron chi connectivity index (χ2n) is 7.87. The number of anilines is 2. The highest BCUT2D eigenvalue weighted by molar-refractivity contribution is 7.87. The monoisotopic (exact) mass is 466 g/mol. The minimum Gasteiger partial charge on any atom is -0.378 e. The van der Waals surface area contributed by atoms with Gasteiger partial charge in [0.2, 0.25) is 0 Å². The maximum atomic E-state index is 13.2. The van der Waals surface area contributed by atoms with Crippen LogP contribution in [0, 0.1) is 13.8 Å². The molecule has 1 saturated heterocycles. The van der Waals surface area contributed by atoms with E-state index >= 15 is 0 Å². The van der Waals surface area contributed by atoms with E-state index in [2.05, 4.69) is 10.2 Å². The van der Waals surface area contributed by atoms with Crippen molar-refractivity contribution in [3.05, 3.63) is 83.4 Å². The first kappa shape index (κ1) is 22.8. The van der Waals surface area contributed by atoms with Crippen LogP contribution in [0.1, 0.15) is 21.5 Å². The third kappa shape index (κ3) is 5.18. The number of carbonyl (C=O) groups excluding carboxylic acids is 1. The summed E-state index contributed by atoms with van der Waals surface area (Å²) in [4.78, 5) is 15.4. The molecule has 0 saturated carbocycles. The molecule has 1 heterocycles. The highest BCUT2D eigenvalue weighted by Crippen LogP contribution is 2.29. The molecule has 1 aliphatic rings. The van der Waals surface area contributed by atoms with Gasteiger partial charge in [-0.05, 0) is 55.3 Å². The Kier molecular flexibility index (Phi) is 6.67. The minimum absolute atomic E-state index is 0.0280. The SMILES string of the molecule is Cc1ccc(C)c(S(=O)(=O)Oc2ccccc2C(=O)Nc2ccccc2N2CCOCC2)c1. The van der Waals surface area contributed by atoms with Gasteiger partial charge >= 0.3 is 10.1 Å². The zero-order valence-corrected chi connectivity index (χ0v) is 19.4. The van der Waals surface area contributed by atoms with Crippen LogP contribution in [0.25, 0.3) is 0 Å². The number of hydrogen-bond donors (Lipinski definition) is 1. The molecule has 33 heavy (non-hydrogen) atoms. The van der Waals surface area contributed by atoms with Gasteiger partial charge in [0.05, 0.1) is 30.2 Å². The van der Waals surface area contributed by atoms with Gasteiger partial charge in [-0.15, -0.1) is 0 Å². The Hall–Kier alpha value is -3.36. The lowest BCUT2D eigenvalue weighted by Crippen LogP contribution is -2.36. The van der Waals surface area contributed by atoms with Crippen LogP contribution in [0.4, 0.5) is 11.4 Å². The van der Waals surface area contributed by atoms with E-state index in [1.54, 1.807) is 37.3 Å². The van der Waals surface area contributed by atoms with Crippen LogP contribution in [0.2, 0.25) is 0 Å². The lowest BCUT2D eigenvalue weighted by Gasteiger charge is -2.30. The normalized spacial score (nSPS) is 14.1. The van der Waals surface area contributed by atoms with Crippen LogP contribution in [0.5, 0.6) is 5.75 Å². The topological polar surface area (TPSA) is 84.9 Å². The van der Waals surface area contributed by atoms with Crippen molar-refractivity contribution in [1.82, 2.24) is 0 Å². The summed E-state index contributed by atoms with van der Waals surface area (Å²) in [6.45, 7) is 6.20. The summed E-state index contributed by atoms with van der Waals surface area (Å²) in [7, 11) is -4.12. The van der Waals surface area contributed by atoms with Crippen molar-refractivity contribution < 1.29 is 22.1 Å². The number of nitrogens with zero attached hydrogens (tertiary/aromatic N) is 1. The van der Waals surface area contributed by atoms with E-state index in [0.717, 1.165) is 24.3 Å². The second-order valence-corrected chi connectivity index (χ2v) is 9.39. The number of aryl methyl sites for hydroxylation is 2. The fraction of sp³-hybridized carbons (Fsp3) is 0.240.